The van der Waals surface area contributed by atoms with Crippen LogP contribution in [0.25, 0.3) is 50.0 Å². The molecule has 6 heteroatoms. The second-order valence-corrected chi connectivity index (χ2v) is 14.6. The molecule has 0 saturated heterocycles. The van der Waals surface area contributed by atoms with E-state index in [1.807, 2.05) is 30.5 Å². The minimum absolute atomic E-state index is 0. The topological polar surface area (TPSA) is 35.9 Å². The molecule has 5 aromatic carbocycles. The van der Waals surface area contributed by atoms with Gasteiger partial charge >= 0.3 is 0 Å². The third-order valence-electron chi connectivity index (χ3n) is 9.13. The number of ether oxygens (including phenoxy) is 1. The zero-order valence-corrected chi connectivity index (χ0v) is 31.3. The van der Waals surface area contributed by atoms with Gasteiger partial charge in [0.2, 0.25) is 0 Å². The van der Waals surface area contributed by atoms with Crippen molar-refractivity contribution in [1.29, 1.82) is 0 Å². The summed E-state index contributed by atoms with van der Waals surface area (Å²) in [6.45, 7) is 13.4. The fourth-order valence-corrected chi connectivity index (χ4v) is 6.64. The van der Waals surface area contributed by atoms with Crippen LogP contribution in [-0.2, 0) is 31.9 Å². The predicted octanol–water partition coefficient (Wildman–Crippen LogP) is 10.2. The van der Waals surface area contributed by atoms with Gasteiger partial charge in [-0.05, 0) is 57.3 Å². The van der Waals surface area contributed by atoms with E-state index in [4.69, 9.17) is 9.72 Å². The summed E-state index contributed by atoms with van der Waals surface area (Å²) in [4.78, 5) is 4.81. The SMILES string of the molecule is CC(C)(C)c1ccnc(-n2c3[c-]c(Oc4[c-]c(-n5[c-][n+](-c6ccccc6C(C)(C)C)c6ccccc65)ccc4)ccc3c3ccccc32)c1.[Pt]. The van der Waals surface area contributed by atoms with Gasteiger partial charge in [0, 0.05) is 44.3 Å². The fourth-order valence-electron chi connectivity index (χ4n) is 6.64. The van der Waals surface area contributed by atoms with Crippen LogP contribution >= 0.6 is 0 Å². The Kier molecular flexibility index (Phi) is 8.52. The number of aromatic nitrogens is 4. The van der Waals surface area contributed by atoms with Crippen molar-refractivity contribution in [2.24, 2.45) is 0 Å². The van der Waals surface area contributed by atoms with E-state index in [0.29, 0.717) is 11.5 Å². The van der Waals surface area contributed by atoms with Crippen LogP contribution in [0.2, 0.25) is 0 Å². The summed E-state index contributed by atoms with van der Waals surface area (Å²) < 4.78 is 12.9. The first kappa shape index (κ1) is 33.5. The molecule has 0 bridgehead atoms. The smallest absolute Gasteiger partial charge is 0.268 e. The molecule has 0 fully saturated rings. The summed E-state index contributed by atoms with van der Waals surface area (Å²) in [6.07, 6.45) is 5.53. The average Bonchev–Trinajstić information content (AvgIpc) is 3.64. The Morgan fingerprint density at radius 3 is 2.18 bits per heavy atom. The number of hydrogen-bond donors (Lipinski definition) is 0. The molecule has 0 spiro atoms. The van der Waals surface area contributed by atoms with Gasteiger partial charge in [-0.3, -0.25) is 4.57 Å². The average molecular weight is 834 g/mol. The first-order chi connectivity index (χ1) is 23.6. The van der Waals surface area contributed by atoms with Crippen LogP contribution < -0.4 is 9.30 Å². The Labute approximate surface area is 308 Å². The van der Waals surface area contributed by atoms with Crippen LogP contribution in [0.3, 0.4) is 0 Å². The number of fused-ring (bicyclic) bond motifs is 4. The Balaban J connectivity index is 0.00000392. The molecule has 0 atom stereocenters. The molecule has 0 N–H and O–H groups in total. The zero-order valence-electron chi connectivity index (χ0n) is 29.1. The molecule has 0 saturated carbocycles. The van der Waals surface area contributed by atoms with Gasteiger partial charge in [-0.15, -0.1) is 29.7 Å². The first-order valence-corrected chi connectivity index (χ1v) is 16.7. The van der Waals surface area contributed by atoms with Crippen molar-refractivity contribution in [2.45, 2.75) is 52.4 Å². The summed E-state index contributed by atoms with van der Waals surface area (Å²) in [5.41, 5.74) is 8.46. The number of para-hydroxylation sites is 4. The van der Waals surface area contributed by atoms with Gasteiger partial charge in [-0.25, -0.2) is 4.98 Å². The van der Waals surface area contributed by atoms with Gasteiger partial charge in [-0.2, -0.15) is 18.2 Å². The first-order valence-electron chi connectivity index (χ1n) is 16.7. The Bertz CT molecular complexity index is 2510. The predicted molar refractivity (Wildman–Crippen MR) is 197 cm³/mol. The van der Waals surface area contributed by atoms with Gasteiger partial charge in [0.05, 0.1) is 16.7 Å². The summed E-state index contributed by atoms with van der Waals surface area (Å²) in [6, 6.07) is 46.8. The maximum atomic E-state index is 6.50. The van der Waals surface area contributed by atoms with Crippen molar-refractivity contribution in [1.82, 2.24) is 14.1 Å². The molecule has 252 valence electrons. The quantitative estimate of drug-likeness (QED) is 0.128. The van der Waals surface area contributed by atoms with Crippen LogP contribution in [0.1, 0.15) is 52.7 Å². The number of hydrogen-bond acceptors (Lipinski definition) is 2. The molecule has 8 rings (SSSR count). The van der Waals surface area contributed by atoms with Crippen molar-refractivity contribution in [3.05, 3.63) is 151 Å². The van der Waals surface area contributed by atoms with Gasteiger partial charge in [0.1, 0.15) is 5.82 Å². The summed E-state index contributed by atoms with van der Waals surface area (Å²) in [5, 5.41) is 2.24. The Morgan fingerprint density at radius 2 is 1.38 bits per heavy atom. The minimum atomic E-state index is -0.0325. The van der Waals surface area contributed by atoms with Gasteiger partial charge in [0.25, 0.3) is 6.33 Å². The summed E-state index contributed by atoms with van der Waals surface area (Å²) in [7, 11) is 0. The van der Waals surface area contributed by atoms with Crippen molar-refractivity contribution < 1.29 is 30.4 Å². The molecule has 0 aliphatic carbocycles. The van der Waals surface area contributed by atoms with E-state index in [-0.39, 0.29) is 31.9 Å². The van der Waals surface area contributed by atoms with Crippen LogP contribution in [0.5, 0.6) is 11.5 Å². The van der Waals surface area contributed by atoms with Gasteiger partial charge in [-0.1, -0.05) is 108 Å². The number of imidazole rings is 1. The second kappa shape index (κ2) is 12.7. The second-order valence-electron chi connectivity index (χ2n) is 14.6. The zero-order chi connectivity index (χ0) is 33.9. The van der Waals surface area contributed by atoms with E-state index < -0.39 is 0 Å². The van der Waals surface area contributed by atoms with E-state index in [0.717, 1.165) is 50.0 Å². The van der Waals surface area contributed by atoms with Crippen molar-refractivity contribution in [3.63, 3.8) is 0 Å². The molecule has 0 unspecified atom stereocenters. The molecule has 3 aromatic heterocycles. The molecule has 0 aliphatic heterocycles. The molecular formula is C44H38N4OPt-2. The molecule has 50 heavy (non-hydrogen) atoms. The minimum Gasteiger partial charge on any atom is -0.510 e. The van der Waals surface area contributed by atoms with E-state index in [9.17, 15) is 0 Å². The molecule has 8 aromatic rings. The van der Waals surface area contributed by atoms with Gasteiger partial charge in [0.15, 0.2) is 0 Å². The van der Waals surface area contributed by atoms with Crippen LogP contribution in [0.15, 0.2) is 121 Å². The molecule has 3 heterocycles. The largest absolute Gasteiger partial charge is 0.510 e. The normalized spacial score (nSPS) is 12.0. The molecule has 0 amide bonds. The van der Waals surface area contributed by atoms with Crippen molar-refractivity contribution >= 4 is 32.8 Å². The standard InChI is InChI=1S/C44H38N4O.Pt/c1-43(2,3)30-24-25-45-42(26-30)48-37-18-9-7-16-34(37)35-23-22-33(28-41(35)48)49-32-15-13-14-31(27-32)46-29-47(40-21-12-11-20-39(40)46)38-19-10-8-17-36(38)44(4,5)6;/h7-26H,1-6H3;/q-2;. The van der Waals surface area contributed by atoms with Crippen LogP contribution in [-0.4, -0.2) is 14.1 Å². The Morgan fingerprint density at radius 1 is 0.660 bits per heavy atom. The number of pyridine rings is 1. The number of rotatable bonds is 5. The molecule has 0 radical (unpaired) electrons. The maximum absolute atomic E-state index is 6.50. The Hall–Kier alpha value is -4.99. The fraction of sp³-hybridized carbons (Fsp3) is 0.182. The third-order valence-corrected chi connectivity index (χ3v) is 9.13. The third kappa shape index (κ3) is 5.94. The number of benzene rings is 5. The maximum Gasteiger partial charge on any atom is 0.268 e. The molecule has 0 aliphatic rings. The van der Waals surface area contributed by atoms with Crippen molar-refractivity contribution in [2.75, 3.05) is 0 Å². The summed E-state index contributed by atoms with van der Waals surface area (Å²) >= 11 is 0. The summed E-state index contributed by atoms with van der Waals surface area (Å²) in [5.74, 6) is 2.06. The van der Waals surface area contributed by atoms with E-state index >= 15 is 0 Å². The number of nitrogens with zero attached hydrogens (tertiary/aromatic N) is 4. The molecular weight excluding hydrogens is 796 g/mol. The monoisotopic (exact) mass is 833 g/mol. The van der Waals surface area contributed by atoms with E-state index in [2.05, 4.69) is 165 Å². The van der Waals surface area contributed by atoms with E-state index in [1.165, 1.54) is 11.1 Å². The van der Waals surface area contributed by atoms with Crippen LogP contribution in [0.4, 0.5) is 0 Å². The van der Waals surface area contributed by atoms with Gasteiger partial charge < -0.3 is 13.9 Å². The molecule has 5 nitrogen and oxygen atoms in total. The van der Waals surface area contributed by atoms with Crippen molar-refractivity contribution in [3.8, 4) is 28.7 Å². The van der Waals surface area contributed by atoms with E-state index in [1.54, 1.807) is 0 Å². The van der Waals surface area contributed by atoms with Crippen LogP contribution in [0, 0.1) is 18.5 Å².